The molecule has 0 aliphatic carbocycles. The van der Waals surface area contributed by atoms with Gasteiger partial charge in [-0.25, -0.2) is 0 Å². The van der Waals surface area contributed by atoms with E-state index in [1.165, 1.54) is 6.92 Å². The Labute approximate surface area is 65.6 Å². The molecule has 11 heavy (non-hydrogen) atoms. The molecule has 0 saturated carbocycles. The van der Waals surface area contributed by atoms with Crippen LogP contribution in [0.2, 0.25) is 0 Å². The number of rotatable bonds is 5. The lowest BCUT2D eigenvalue weighted by molar-refractivity contribution is -0.137. The van der Waals surface area contributed by atoms with Gasteiger partial charge >= 0.3 is 5.97 Å². The number of unbranched alkanes of at least 4 members (excludes halogenated alkanes) is 1. The van der Waals surface area contributed by atoms with Crippen molar-refractivity contribution in [2.24, 2.45) is 0 Å². The number of carboxylic acid groups (broad SMARTS) is 1. The van der Waals surface area contributed by atoms with Crippen LogP contribution < -0.4 is 5.32 Å². The molecule has 0 saturated heterocycles. The molecule has 4 nitrogen and oxygen atoms in total. The first-order chi connectivity index (χ1) is 5.13. The van der Waals surface area contributed by atoms with E-state index in [0.29, 0.717) is 13.0 Å². The van der Waals surface area contributed by atoms with Crippen LogP contribution in [0.5, 0.6) is 0 Å². The molecule has 0 aromatic carbocycles. The SMILES string of the molecule is CC(=O)NCCCCC(=O)O. The summed E-state index contributed by atoms with van der Waals surface area (Å²) in [7, 11) is 0. The first-order valence-corrected chi connectivity index (χ1v) is 3.59. The minimum atomic E-state index is -0.784. The highest BCUT2D eigenvalue weighted by Gasteiger charge is 1.95. The summed E-state index contributed by atoms with van der Waals surface area (Å²) in [6.45, 7) is 2.01. The Morgan fingerprint density at radius 1 is 1.36 bits per heavy atom. The minimum Gasteiger partial charge on any atom is -0.481 e. The zero-order valence-corrected chi connectivity index (χ0v) is 6.59. The van der Waals surface area contributed by atoms with Crippen LogP contribution >= 0.6 is 0 Å². The van der Waals surface area contributed by atoms with Crippen LogP contribution in [0, 0.1) is 0 Å². The van der Waals surface area contributed by atoms with Gasteiger partial charge in [-0.1, -0.05) is 0 Å². The second kappa shape index (κ2) is 5.70. The third-order valence-electron chi connectivity index (χ3n) is 1.19. The van der Waals surface area contributed by atoms with Gasteiger partial charge in [0, 0.05) is 19.9 Å². The van der Waals surface area contributed by atoms with Crippen molar-refractivity contribution in [1.82, 2.24) is 5.32 Å². The Balaban J connectivity index is 3.03. The van der Waals surface area contributed by atoms with Gasteiger partial charge in [-0.05, 0) is 12.8 Å². The van der Waals surface area contributed by atoms with E-state index in [4.69, 9.17) is 5.11 Å². The Morgan fingerprint density at radius 2 is 2.00 bits per heavy atom. The standard InChI is InChI=1S/C7H13NO3/c1-6(9)8-5-3-2-4-7(10)11/h2-5H2,1H3,(H,8,9)(H,10,11). The van der Waals surface area contributed by atoms with E-state index in [9.17, 15) is 9.59 Å². The first-order valence-electron chi connectivity index (χ1n) is 3.59. The summed E-state index contributed by atoms with van der Waals surface area (Å²) in [4.78, 5) is 20.3. The molecule has 0 fully saturated rings. The number of hydrogen-bond acceptors (Lipinski definition) is 2. The molecule has 0 aliphatic heterocycles. The molecule has 0 aliphatic rings. The van der Waals surface area contributed by atoms with Gasteiger partial charge in [-0.3, -0.25) is 9.59 Å². The summed E-state index contributed by atoms with van der Waals surface area (Å²) in [5.74, 6) is -0.854. The molecule has 2 N–H and O–H groups in total. The predicted octanol–water partition coefficient (Wildman–Crippen LogP) is 0.377. The highest BCUT2D eigenvalue weighted by atomic mass is 16.4. The summed E-state index contributed by atoms with van der Waals surface area (Å²) in [5.41, 5.74) is 0. The molecule has 0 spiro atoms. The molecule has 4 heteroatoms. The average Bonchev–Trinajstić information content (AvgIpc) is 1.85. The molecule has 0 bridgehead atoms. The average molecular weight is 159 g/mol. The van der Waals surface area contributed by atoms with E-state index in [1.807, 2.05) is 0 Å². The first kappa shape index (κ1) is 9.94. The van der Waals surface area contributed by atoms with Gasteiger partial charge in [0.25, 0.3) is 0 Å². The van der Waals surface area contributed by atoms with Crippen LogP contribution in [0.3, 0.4) is 0 Å². The van der Waals surface area contributed by atoms with E-state index in [0.717, 1.165) is 6.42 Å². The van der Waals surface area contributed by atoms with Gasteiger partial charge in [-0.15, -0.1) is 0 Å². The maximum Gasteiger partial charge on any atom is 0.303 e. The molecular weight excluding hydrogens is 146 g/mol. The molecule has 0 aromatic heterocycles. The van der Waals surface area contributed by atoms with Gasteiger partial charge in [0.05, 0.1) is 0 Å². The monoisotopic (exact) mass is 159 g/mol. The highest BCUT2D eigenvalue weighted by molar-refractivity contribution is 5.72. The maximum atomic E-state index is 10.3. The van der Waals surface area contributed by atoms with Crippen molar-refractivity contribution in [2.45, 2.75) is 26.2 Å². The molecule has 0 unspecified atom stereocenters. The van der Waals surface area contributed by atoms with Crippen LogP contribution in [-0.4, -0.2) is 23.5 Å². The molecule has 64 valence electrons. The summed E-state index contributed by atoms with van der Waals surface area (Å²) >= 11 is 0. The van der Waals surface area contributed by atoms with Crippen molar-refractivity contribution >= 4 is 11.9 Å². The second-order valence-electron chi connectivity index (χ2n) is 2.33. The zero-order chi connectivity index (χ0) is 8.69. The number of nitrogens with one attached hydrogen (secondary N) is 1. The maximum absolute atomic E-state index is 10.3. The normalized spacial score (nSPS) is 9.18. The van der Waals surface area contributed by atoms with Crippen molar-refractivity contribution in [3.8, 4) is 0 Å². The molecule has 0 heterocycles. The highest BCUT2D eigenvalue weighted by Crippen LogP contribution is 1.92. The van der Waals surface area contributed by atoms with Crippen molar-refractivity contribution in [2.75, 3.05) is 6.54 Å². The van der Waals surface area contributed by atoms with Crippen LogP contribution in [0.15, 0.2) is 0 Å². The summed E-state index contributed by atoms with van der Waals surface area (Å²) < 4.78 is 0. The molecule has 0 aromatic rings. The van der Waals surface area contributed by atoms with Gasteiger partial charge in [0.1, 0.15) is 0 Å². The van der Waals surface area contributed by atoms with Crippen molar-refractivity contribution < 1.29 is 14.7 Å². The Kier molecular flexibility index (Phi) is 5.15. The molecular formula is C7H13NO3. The summed E-state index contributed by atoms with van der Waals surface area (Å²) in [6, 6.07) is 0. The van der Waals surface area contributed by atoms with E-state index in [-0.39, 0.29) is 12.3 Å². The van der Waals surface area contributed by atoms with E-state index < -0.39 is 5.97 Å². The molecule has 0 rings (SSSR count). The van der Waals surface area contributed by atoms with E-state index in [1.54, 1.807) is 0 Å². The fourth-order valence-corrected chi connectivity index (χ4v) is 0.666. The van der Waals surface area contributed by atoms with Crippen LogP contribution in [-0.2, 0) is 9.59 Å². The van der Waals surface area contributed by atoms with Gasteiger partial charge < -0.3 is 10.4 Å². The van der Waals surface area contributed by atoms with Gasteiger partial charge in [0.15, 0.2) is 0 Å². The topological polar surface area (TPSA) is 66.4 Å². The van der Waals surface area contributed by atoms with Crippen molar-refractivity contribution in [3.63, 3.8) is 0 Å². The number of carbonyl (C=O) groups excluding carboxylic acids is 1. The fourth-order valence-electron chi connectivity index (χ4n) is 0.666. The summed E-state index contributed by atoms with van der Waals surface area (Å²) in [5, 5.41) is 10.8. The largest absolute Gasteiger partial charge is 0.481 e. The summed E-state index contributed by atoms with van der Waals surface area (Å²) in [6.07, 6.45) is 1.53. The Morgan fingerprint density at radius 3 is 2.45 bits per heavy atom. The fraction of sp³-hybridized carbons (Fsp3) is 0.714. The van der Waals surface area contributed by atoms with E-state index >= 15 is 0 Å². The number of carboxylic acids is 1. The second-order valence-corrected chi connectivity index (χ2v) is 2.33. The van der Waals surface area contributed by atoms with Crippen LogP contribution in [0.25, 0.3) is 0 Å². The molecule has 0 radical (unpaired) electrons. The van der Waals surface area contributed by atoms with Crippen LogP contribution in [0.4, 0.5) is 0 Å². The van der Waals surface area contributed by atoms with Gasteiger partial charge in [-0.2, -0.15) is 0 Å². The number of carbonyl (C=O) groups is 2. The Bertz CT molecular complexity index is 129. The Hall–Kier alpha value is -1.06. The van der Waals surface area contributed by atoms with E-state index in [2.05, 4.69) is 5.32 Å². The quantitative estimate of drug-likeness (QED) is 0.570. The number of hydrogen-bond donors (Lipinski definition) is 2. The molecule has 1 amide bonds. The number of aliphatic carboxylic acids is 1. The van der Waals surface area contributed by atoms with Crippen LogP contribution in [0.1, 0.15) is 26.2 Å². The lowest BCUT2D eigenvalue weighted by Crippen LogP contribution is -2.20. The van der Waals surface area contributed by atoms with Crippen molar-refractivity contribution in [3.05, 3.63) is 0 Å². The zero-order valence-electron chi connectivity index (χ0n) is 6.59. The third kappa shape index (κ3) is 8.94. The lowest BCUT2D eigenvalue weighted by atomic mass is 10.2. The molecule has 0 atom stereocenters. The predicted molar refractivity (Wildman–Crippen MR) is 40.2 cm³/mol. The lowest BCUT2D eigenvalue weighted by Gasteiger charge is -1.98. The van der Waals surface area contributed by atoms with Crippen molar-refractivity contribution in [1.29, 1.82) is 0 Å². The minimum absolute atomic E-state index is 0.0691. The number of amides is 1. The van der Waals surface area contributed by atoms with Gasteiger partial charge in [0.2, 0.25) is 5.91 Å². The smallest absolute Gasteiger partial charge is 0.303 e. The third-order valence-corrected chi connectivity index (χ3v) is 1.19.